The number of aromatic amines is 1. The van der Waals surface area contributed by atoms with E-state index in [1.165, 1.54) is 32.1 Å². The second-order valence-electron chi connectivity index (χ2n) is 22.6. The molecule has 4 aliphatic carbocycles. The Bertz CT molecular complexity index is 2960. The van der Waals surface area contributed by atoms with Crippen LogP contribution in [0, 0.1) is 58.9 Å². The van der Waals surface area contributed by atoms with Gasteiger partial charge in [0.05, 0.1) is 35.2 Å². The van der Waals surface area contributed by atoms with E-state index < -0.39 is 53.1 Å². The minimum absolute atomic E-state index is 0.00925. The number of aliphatic hydroxyl groups excluding tert-OH is 3. The molecule has 4 aromatic rings. The van der Waals surface area contributed by atoms with Crippen molar-refractivity contribution in [2.24, 2.45) is 40.7 Å². The van der Waals surface area contributed by atoms with E-state index in [1.807, 2.05) is 12.1 Å². The van der Waals surface area contributed by atoms with Crippen LogP contribution in [0.5, 0.6) is 17.2 Å². The van der Waals surface area contributed by atoms with Crippen LogP contribution >= 0.6 is 21.6 Å². The number of phenolic OH excluding ortho intramolecular Hbond substituents is 1. The second-order valence-corrected chi connectivity index (χ2v) is 25.1. The summed E-state index contributed by atoms with van der Waals surface area (Å²) in [5, 5.41) is 53.2. The molecular formula is C60H70N4O7S2. The van der Waals surface area contributed by atoms with Gasteiger partial charge in [-0.15, -0.1) is 0 Å². The molecule has 0 radical (unpaired) electrons. The van der Waals surface area contributed by atoms with Gasteiger partial charge in [0, 0.05) is 88.8 Å². The molecule has 5 aliphatic heterocycles. The van der Waals surface area contributed by atoms with Crippen LogP contribution in [0.1, 0.15) is 167 Å². The number of unbranched alkanes of at least 4 members (excludes halogenated alkanes) is 2. The summed E-state index contributed by atoms with van der Waals surface area (Å²) in [6, 6.07) is 5.69. The summed E-state index contributed by atoms with van der Waals surface area (Å²) in [6.07, 6.45) is 28.0. The van der Waals surface area contributed by atoms with Crippen LogP contribution in [-0.2, 0) is 22.4 Å². The second kappa shape index (κ2) is 20.2. The molecular weight excluding hydrogens is 953 g/mol. The molecule has 13 heteroatoms. The van der Waals surface area contributed by atoms with Crippen molar-refractivity contribution in [3.8, 4) is 41.1 Å². The zero-order valence-corrected chi connectivity index (χ0v) is 43.5. The lowest BCUT2D eigenvalue weighted by atomic mass is 9.65. The van der Waals surface area contributed by atoms with Crippen molar-refractivity contribution in [1.82, 2.24) is 14.9 Å². The van der Waals surface area contributed by atoms with Crippen molar-refractivity contribution in [2.75, 3.05) is 12.3 Å². The summed E-state index contributed by atoms with van der Waals surface area (Å²) in [6.45, 7) is 2.74. The minimum Gasteiger partial charge on any atom is -0.508 e. The van der Waals surface area contributed by atoms with Gasteiger partial charge in [-0.1, -0.05) is 134 Å². The summed E-state index contributed by atoms with van der Waals surface area (Å²) >= 11 is 0. The number of allylic oxidation sites excluding steroid dienone is 2. The Hall–Kier alpha value is -4.57. The number of carbonyl (C=O) groups is 1. The Kier molecular flexibility index (Phi) is 13.6. The van der Waals surface area contributed by atoms with Crippen molar-refractivity contribution in [3.63, 3.8) is 0 Å². The van der Waals surface area contributed by atoms with E-state index in [4.69, 9.17) is 15.2 Å². The highest BCUT2D eigenvalue weighted by molar-refractivity contribution is 8.76. The first-order chi connectivity index (χ1) is 35.6. The number of hydrogen-bond donors (Lipinski definition) is 7. The van der Waals surface area contributed by atoms with E-state index in [0.29, 0.717) is 65.4 Å². The van der Waals surface area contributed by atoms with Gasteiger partial charge in [-0.05, 0) is 84.6 Å². The smallest absolute Gasteiger partial charge is 0.191 e. The SMILES string of the molecule is CCCCC[C@H](C(=O)CCc1c(O)cc2c3c1CSSC[C@@]14C=C[C@H]5c6c(ccc(c61)[C@H](N)NC4)[C@@H](O)C#C[C@H]([C@H](O3)n1cc3[nH]cc5c3c1)C1(C#CO2)CCCC1)[C@H](O)[C@@H]1C=C[C@H](C2CCCCC2)C[C@@H]1O. The van der Waals surface area contributed by atoms with Crippen LogP contribution in [0.2, 0.25) is 0 Å². The highest BCUT2D eigenvalue weighted by Crippen LogP contribution is 2.56. The van der Waals surface area contributed by atoms with Gasteiger partial charge in [0.2, 0.25) is 0 Å². The van der Waals surface area contributed by atoms with Crippen molar-refractivity contribution < 1.29 is 34.7 Å². The summed E-state index contributed by atoms with van der Waals surface area (Å²) in [7, 11) is 3.40. The van der Waals surface area contributed by atoms with E-state index in [1.54, 1.807) is 27.7 Å². The number of aliphatic hydroxyl groups is 3. The Balaban J connectivity index is 0.963. The topological polar surface area (TPSA) is 175 Å². The van der Waals surface area contributed by atoms with Crippen LogP contribution in [-0.4, -0.2) is 60.3 Å². The van der Waals surface area contributed by atoms with Gasteiger partial charge in [0.25, 0.3) is 0 Å². The molecule has 7 heterocycles. The number of benzene rings is 2. The fraction of sp³-hybridized carbons (Fsp3) is 0.550. The predicted octanol–water partition coefficient (Wildman–Crippen LogP) is 10.4. The molecule has 13 rings (SSSR count). The zero-order valence-electron chi connectivity index (χ0n) is 41.9. The minimum atomic E-state index is -1.11. The number of nitrogens with one attached hydrogen (secondary N) is 2. The van der Waals surface area contributed by atoms with Crippen LogP contribution in [0.3, 0.4) is 0 Å². The molecule has 11 nitrogen and oxygen atoms in total. The first kappa shape index (κ1) is 49.3. The lowest BCUT2D eigenvalue weighted by Crippen LogP contribution is -2.50. The first-order valence-electron chi connectivity index (χ1n) is 27.3. The molecule has 11 atom stereocenters. The number of nitrogens with two attached hydrogens (primary N) is 1. The molecule has 10 bridgehead atoms. The van der Waals surface area contributed by atoms with Gasteiger partial charge in [-0.2, -0.15) is 0 Å². The lowest BCUT2D eigenvalue weighted by Gasteiger charge is -2.45. The zero-order chi connectivity index (χ0) is 50.0. The number of ether oxygens (including phenoxy) is 2. The Morgan fingerprint density at radius 2 is 1.85 bits per heavy atom. The van der Waals surface area contributed by atoms with Gasteiger partial charge < -0.3 is 45.2 Å². The fourth-order valence-corrected chi connectivity index (χ4v) is 17.0. The van der Waals surface area contributed by atoms with Gasteiger partial charge in [-0.25, -0.2) is 0 Å². The van der Waals surface area contributed by atoms with E-state index >= 15 is 0 Å². The number of rotatable bonds is 11. The molecule has 73 heavy (non-hydrogen) atoms. The molecule has 0 amide bonds. The Morgan fingerprint density at radius 1 is 1.01 bits per heavy atom. The third-order valence-corrected chi connectivity index (χ3v) is 20.8. The van der Waals surface area contributed by atoms with E-state index in [0.717, 1.165) is 83.7 Å². The summed E-state index contributed by atoms with van der Waals surface area (Å²) in [4.78, 5) is 18.4. The van der Waals surface area contributed by atoms with Gasteiger partial charge in [0.15, 0.2) is 17.7 Å². The molecule has 2 saturated carbocycles. The molecule has 2 spiro atoms. The van der Waals surface area contributed by atoms with Crippen LogP contribution in [0.25, 0.3) is 10.9 Å². The Morgan fingerprint density at radius 3 is 2.67 bits per heavy atom. The Labute approximate surface area is 437 Å². The predicted molar refractivity (Wildman–Crippen MR) is 288 cm³/mol. The number of phenols is 1. The third-order valence-electron chi connectivity index (χ3n) is 18.4. The van der Waals surface area contributed by atoms with Crippen LogP contribution < -0.4 is 20.5 Å². The molecule has 2 fully saturated rings. The fourth-order valence-electron chi connectivity index (χ4n) is 14.4. The molecule has 384 valence electrons. The molecule has 0 saturated heterocycles. The molecule has 9 aliphatic rings. The van der Waals surface area contributed by atoms with Crippen molar-refractivity contribution >= 4 is 38.3 Å². The van der Waals surface area contributed by atoms with Crippen molar-refractivity contribution in [3.05, 3.63) is 100 Å². The van der Waals surface area contributed by atoms with E-state index in [9.17, 15) is 25.2 Å². The first-order valence-corrected chi connectivity index (χ1v) is 29.8. The standard InChI is InChI=1S/C60H70N4O7S2/c1-2-3-5-12-40(55(69)41-14-13-36(27-50(41)67)35-10-6-4-7-11-35)49(66)19-17-37-45-32-72-73-34-60-24-21-38-43-29-62-47-31-64(30-44(43)47)58-46(18-20-48(65)39-15-16-42(54(60)53(38)39)57(61)63-33-60)59(22-8-9-23-59)25-26-70-52(28-51(37)68)56(45)71-58/h13-16,21,24,28-31,35-36,38,40-41,46,48,50,55,57-58,62-63,65,67-69H,2-12,17,19,22-23,27,32-34,61H2,1H3/t36-,38+,40+,41+,46+,48-,50-,55-,57+,58-,60-/m0/s1. The number of hydrogen-bond acceptors (Lipinski definition) is 11. The highest BCUT2D eigenvalue weighted by atomic mass is 33.1. The van der Waals surface area contributed by atoms with E-state index in [2.05, 4.69) is 88.5 Å². The summed E-state index contributed by atoms with van der Waals surface area (Å²) in [5.74, 6) is 11.3. The monoisotopic (exact) mass is 1020 g/mol. The normalized spacial score (nSPS) is 30.5. The van der Waals surface area contributed by atoms with Gasteiger partial charge >= 0.3 is 0 Å². The highest BCUT2D eigenvalue weighted by Gasteiger charge is 2.49. The molecule has 0 unspecified atom stereocenters. The number of aromatic nitrogens is 2. The van der Waals surface area contributed by atoms with Crippen LogP contribution in [0.15, 0.2) is 61.1 Å². The maximum absolute atomic E-state index is 14.8. The van der Waals surface area contributed by atoms with Crippen LogP contribution in [0.4, 0.5) is 0 Å². The maximum Gasteiger partial charge on any atom is 0.191 e. The van der Waals surface area contributed by atoms with E-state index in [-0.39, 0.29) is 36.5 Å². The summed E-state index contributed by atoms with van der Waals surface area (Å²) in [5.41, 5.74) is 13.1. The van der Waals surface area contributed by atoms with Gasteiger partial charge in [0.1, 0.15) is 23.7 Å². The number of carbonyl (C=O) groups excluding carboxylic acids is 1. The number of nitrogens with zero attached hydrogens (tertiary/aromatic N) is 1. The number of H-pyrrole nitrogens is 1. The number of fused-ring (bicyclic) bond motifs is 4. The van der Waals surface area contributed by atoms with Crippen molar-refractivity contribution in [2.45, 2.75) is 157 Å². The average Bonchev–Trinajstić information content (AvgIpc) is 4.16. The third kappa shape index (κ3) is 8.77. The molecule has 2 aromatic heterocycles. The number of ketones is 1. The molecule has 2 aromatic carbocycles. The average molecular weight is 1020 g/mol. The largest absolute Gasteiger partial charge is 0.508 e. The summed E-state index contributed by atoms with van der Waals surface area (Å²) < 4.78 is 16.1. The van der Waals surface area contributed by atoms with Gasteiger partial charge in [-0.3, -0.25) is 10.1 Å². The number of Topliss-reactive ketones (excluding diaryl/α,β-unsaturated/α-hetero) is 1. The lowest BCUT2D eigenvalue weighted by molar-refractivity contribution is -0.129. The quantitative estimate of drug-likeness (QED) is 0.0330. The maximum atomic E-state index is 14.8. The number of aromatic hydroxyl groups is 1. The molecule has 8 N–H and O–H groups in total. The van der Waals surface area contributed by atoms with Crippen molar-refractivity contribution in [1.29, 1.82) is 0 Å².